The molecule has 0 aliphatic rings. The van der Waals surface area contributed by atoms with Gasteiger partial charge in [0.15, 0.2) is 11.6 Å². The van der Waals surface area contributed by atoms with Crippen LogP contribution < -0.4 is 0 Å². The second kappa shape index (κ2) is 6.52. The second-order valence-electron chi connectivity index (χ2n) is 5.30. The molecule has 0 bridgehead atoms. The molecule has 2 aromatic carbocycles. The van der Waals surface area contributed by atoms with Gasteiger partial charge in [-0.25, -0.2) is 29.9 Å². The first-order valence-corrected chi connectivity index (χ1v) is 7.67. The van der Waals surface area contributed by atoms with Crippen LogP contribution in [0.2, 0.25) is 0 Å². The fourth-order valence-corrected chi connectivity index (χ4v) is 2.39. The van der Waals surface area contributed by atoms with Crippen molar-refractivity contribution in [3.8, 4) is 45.9 Å². The Morgan fingerprint density at radius 1 is 0.500 bits per heavy atom. The highest BCUT2D eigenvalue weighted by atomic mass is 16.3. The Kier molecular flexibility index (Phi) is 3.91. The van der Waals surface area contributed by atoms with Gasteiger partial charge in [0.25, 0.3) is 0 Å². The Morgan fingerprint density at radius 2 is 0.885 bits per heavy atom. The van der Waals surface area contributed by atoms with Gasteiger partial charge in [0.1, 0.15) is 24.2 Å². The van der Waals surface area contributed by atoms with Gasteiger partial charge in [-0.1, -0.05) is 24.3 Å². The summed E-state index contributed by atoms with van der Waals surface area (Å²) in [6, 6.07) is 13.5. The summed E-state index contributed by atoms with van der Waals surface area (Å²) < 4.78 is 0. The van der Waals surface area contributed by atoms with Gasteiger partial charge in [-0.15, -0.1) is 0 Å². The van der Waals surface area contributed by atoms with Crippen LogP contribution in [-0.2, 0) is 0 Å². The summed E-state index contributed by atoms with van der Waals surface area (Å²) in [6.45, 7) is 0. The van der Waals surface area contributed by atoms with Crippen LogP contribution in [0.25, 0.3) is 34.4 Å². The first-order chi connectivity index (χ1) is 12.7. The highest BCUT2D eigenvalue weighted by Crippen LogP contribution is 2.28. The monoisotopic (exact) mass is 344 g/mol. The molecular formula is C18H12N6O2. The van der Waals surface area contributed by atoms with Crippen molar-refractivity contribution in [2.24, 2.45) is 0 Å². The average Bonchev–Trinajstić information content (AvgIpc) is 2.69. The van der Waals surface area contributed by atoms with E-state index in [2.05, 4.69) is 29.9 Å². The van der Waals surface area contributed by atoms with Crippen molar-refractivity contribution >= 4 is 0 Å². The molecule has 2 aromatic heterocycles. The van der Waals surface area contributed by atoms with Crippen LogP contribution in [0.3, 0.4) is 0 Å². The van der Waals surface area contributed by atoms with E-state index in [-0.39, 0.29) is 23.1 Å². The second-order valence-corrected chi connectivity index (χ2v) is 5.30. The maximum atomic E-state index is 9.98. The maximum Gasteiger partial charge on any atom is 0.201 e. The van der Waals surface area contributed by atoms with E-state index < -0.39 is 0 Å². The van der Waals surface area contributed by atoms with Crippen molar-refractivity contribution in [3.05, 3.63) is 61.2 Å². The number of benzene rings is 2. The molecule has 0 aliphatic heterocycles. The minimum Gasteiger partial charge on any atom is -0.507 e. The van der Waals surface area contributed by atoms with Crippen LogP contribution in [-0.4, -0.2) is 40.1 Å². The number of phenolic OH excluding ortho intramolecular Hbond substituents is 2. The van der Waals surface area contributed by atoms with Gasteiger partial charge in [-0.3, -0.25) is 0 Å². The summed E-state index contributed by atoms with van der Waals surface area (Å²) in [6.07, 6.45) is 2.65. The molecule has 4 aromatic rings. The molecular weight excluding hydrogens is 332 g/mol. The molecule has 8 heteroatoms. The molecule has 0 atom stereocenters. The summed E-state index contributed by atoms with van der Waals surface area (Å²) in [5.41, 5.74) is 0.956. The van der Waals surface area contributed by atoms with Crippen molar-refractivity contribution in [1.82, 2.24) is 29.9 Å². The number of hydrogen-bond donors (Lipinski definition) is 2. The maximum absolute atomic E-state index is 9.98. The largest absolute Gasteiger partial charge is 0.507 e. The van der Waals surface area contributed by atoms with E-state index in [9.17, 15) is 10.2 Å². The molecule has 2 heterocycles. The van der Waals surface area contributed by atoms with Gasteiger partial charge in [0.05, 0.1) is 11.1 Å². The van der Waals surface area contributed by atoms with Gasteiger partial charge in [0.2, 0.25) is 11.6 Å². The molecule has 2 N–H and O–H groups in total. The average molecular weight is 344 g/mol. The SMILES string of the molecule is Oc1ccccc1-c1ncnc(-c2ncnc(-c3ccccc3O)n2)n1. The predicted molar refractivity (Wildman–Crippen MR) is 92.8 cm³/mol. The Morgan fingerprint density at radius 3 is 1.31 bits per heavy atom. The van der Waals surface area contributed by atoms with E-state index in [1.165, 1.54) is 12.7 Å². The molecule has 0 saturated heterocycles. The van der Waals surface area contributed by atoms with Crippen LogP contribution in [0.1, 0.15) is 0 Å². The van der Waals surface area contributed by atoms with Gasteiger partial charge >= 0.3 is 0 Å². The standard InChI is InChI=1S/C18H12N6O2/c25-13-7-3-1-5-11(13)15-19-9-21-17(23-15)18-22-10-20-16(24-18)12-6-2-4-8-14(12)26/h1-10,25-26H. The molecule has 8 nitrogen and oxygen atoms in total. The van der Waals surface area contributed by atoms with E-state index in [0.717, 1.165) is 0 Å². The molecule has 4 rings (SSSR count). The summed E-state index contributed by atoms with van der Waals surface area (Å²) >= 11 is 0. The van der Waals surface area contributed by atoms with Crippen LogP contribution >= 0.6 is 0 Å². The smallest absolute Gasteiger partial charge is 0.201 e. The lowest BCUT2D eigenvalue weighted by Gasteiger charge is -2.06. The summed E-state index contributed by atoms with van der Waals surface area (Å²) in [5, 5.41) is 20.0. The lowest BCUT2D eigenvalue weighted by molar-refractivity contribution is 0.476. The van der Waals surface area contributed by atoms with Crippen molar-refractivity contribution in [2.45, 2.75) is 0 Å². The number of hydrogen-bond acceptors (Lipinski definition) is 8. The highest BCUT2D eigenvalue weighted by molar-refractivity contribution is 5.66. The molecule has 0 fully saturated rings. The third-order valence-corrected chi connectivity index (χ3v) is 3.63. The van der Waals surface area contributed by atoms with Gasteiger partial charge < -0.3 is 10.2 Å². The zero-order valence-corrected chi connectivity index (χ0v) is 13.4. The van der Waals surface area contributed by atoms with E-state index in [1.54, 1.807) is 48.5 Å². The molecule has 0 unspecified atom stereocenters. The zero-order valence-electron chi connectivity index (χ0n) is 13.4. The fraction of sp³-hybridized carbons (Fsp3) is 0. The van der Waals surface area contributed by atoms with Gasteiger partial charge in [-0.2, -0.15) is 0 Å². The summed E-state index contributed by atoms with van der Waals surface area (Å²) in [4.78, 5) is 25.1. The Bertz CT molecular complexity index is 999. The van der Waals surface area contributed by atoms with E-state index in [1.807, 2.05) is 0 Å². The predicted octanol–water partition coefficient (Wildman–Crippen LogP) is 2.47. The molecule has 0 amide bonds. The lowest BCUT2D eigenvalue weighted by atomic mass is 10.2. The van der Waals surface area contributed by atoms with Gasteiger partial charge in [0, 0.05) is 0 Å². The normalized spacial score (nSPS) is 10.6. The van der Waals surface area contributed by atoms with E-state index in [4.69, 9.17) is 0 Å². The first-order valence-electron chi connectivity index (χ1n) is 7.67. The minimum atomic E-state index is 0.0650. The van der Waals surface area contributed by atoms with Crippen LogP contribution in [0.15, 0.2) is 61.2 Å². The topological polar surface area (TPSA) is 118 Å². The molecule has 0 spiro atoms. The van der Waals surface area contributed by atoms with Crippen LogP contribution in [0.4, 0.5) is 0 Å². The summed E-state index contributed by atoms with van der Waals surface area (Å²) in [7, 11) is 0. The number of nitrogens with zero attached hydrogens (tertiary/aromatic N) is 6. The Labute approximate surface area is 148 Å². The van der Waals surface area contributed by atoms with Crippen molar-refractivity contribution < 1.29 is 10.2 Å². The number of para-hydroxylation sites is 2. The molecule has 126 valence electrons. The first kappa shape index (κ1) is 15.6. The molecule has 26 heavy (non-hydrogen) atoms. The van der Waals surface area contributed by atoms with Gasteiger partial charge in [-0.05, 0) is 24.3 Å². The number of aromatic nitrogens is 6. The third kappa shape index (κ3) is 2.91. The van der Waals surface area contributed by atoms with E-state index in [0.29, 0.717) is 22.8 Å². The Hall–Kier alpha value is -3.94. The number of phenols is 2. The zero-order chi connectivity index (χ0) is 17.9. The Balaban J connectivity index is 1.78. The van der Waals surface area contributed by atoms with Crippen molar-refractivity contribution in [3.63, 3.8) is 0 Å². The highest BCUT2D eigenvalue weighted by Gasteiger charge is 2.13. The quantitative estimate of drug-likeness (QED) is 0.582. The van der Waals surface area contributed by atoms with Crippen molar-refractivity contribution in [2.75, 3.05) is 0 Å². The summed E-state index contributed by atoms with van der Waals surface area (Å²) in [5.74, 6) is 1.20. The molecule has 0 aliphatic carbocycles. The lowest BCUT2D eigenvalue weighted by Crippen LogP contribution is -2.01. The molecule has 0 radical (unpaired) electrons. The fourth-order valence-electron chi connectivity index (χ4n) is 2.39. The van der Waals surface area contributed by atoms with Crippen molar-refractivity contribution in [1.29, 1.82) is 0 Å². The molecule has 0 saturated carbocycles. The number of rotatable bonds is 3. The van der Waals surface area contributed by atoms with Crippen LogP contribution in [0, 0.1) is 0 Å². The van der Waals surface area contributed by atoms with Crippen LogP contribution in [0.5, 0.6) is 11.5 Å². The van der Waals surface area contributed by atoms with E-state index >= 15 is 0 Å². The minimum absolute atomic E-state index is 0.0650. The number of aromatic hydroxyl groups is 2. The third-order valence-electron chi connectivity index (χ3n) is 3.63.